The largest absolute Gasteiger partial charge is 0.393 e. The van der Waals surface area contributed by atoms with Crippen molar-refractivity contribution in [2.24, 2.45) is 10.8 Å². The summed E-state index contributed by atoms with van der Waals surface area (Å²) in [4.78, 5) is 0. The molecule has 1 atom stereocenters. The van der Waals surface area contributed by atoms with E-state index in [1.807, 2.05) is 6.92 Å². The zero-order chi connectivity index (χ0) is 30.6. The van der Waals surface area contributed by atoms with Gasteiger partial charge < -0.3 is 5.11 Å². The molecule has 2 rings (SSSR count). The maximum Gasteiger partial charge on any atom is 0.0586 e. The molecule has 0 saturated carbocycles. The molecule has 41 heavy (non-hydrogen) atoms. The third-order valence-corrected chi connectivity index (χ3v) is 8.08. The highest BCUT2D eigenvalue weighted by atomic mass is 16.3. The van der Waals surface area contributed by atoms with Crippen molar-refractivity contribution in [3.05, 3.63) is 117 Å². The molecule has 1 nitrogen and oxygen atoms in total. The molecule has 1 N–H and O–H groups in total. The van der Waals surface area contributed by atoms with Gasteiger partial charge in [-0.25, -0.2) is 0 Å². The molecule has 0 spiro atoms. The van der Waals surface area contributed by atoms with Crippen LogP contribution in [0.15, 0.2) is 117 Å². The van der Waals surface area contributed by atoms with Gasteiger partial charge in [-0.05, 0) is 90.2 Å². The minimum atomic E-state index is -0.254. The molecule has 0 aromatic rings. The monoisotopic (exact) mass is 550 g/mol. The molecule has 1 unspecified atom stereocenters. The lowest BCUT2D eigenvalue weighted by atomic mass is 9.72. The van der Waals surface area contributed by atoms with Crippen molar-refractivity contribution in [2.75, 3.05) is 0 Å². The van der Waals surface area contributed by atoms with Crippen LogP contribution in [-0.2, 0) is 0 Å². The average molecular weight is 551 g/mol. The predicted octanol–water partition coefficient (Wildman–Crippen LogP) is 11.0. The lowest BCUT2D eigenvalue weighted by Gasteiger charge is -2.34. The van der Waals surface area contributed by atoms with Gasteiger partial charge in [0.15, 0.2) is 0 Å². The van der Waals surface area contributed by atoms with E-state index in [0.717, 1.165) is 18.4 Å². The van der Waals surface area contributed by atoms with Crippen LogP contribution >= 0.6 is 0 Å². The molecule has 0 fully saturated rings. The molecule has 0 bridgehead atoms. The van der Waals surface area contributed by atoms with Crippen molar-refractivity contribution < 1.29 is 5.11 Å². The fourth-order valence-corrected chi connectivity index (χ4v) is 5.78. The summed E-state index contributed by atoms with van der Waals surface area (Å²) in [5.74, 6) is 6.69. The Labute approximate surface area is 252 Å². The molecule has 2 aliphatic carbocycles. The Bertz CT molecular complexity index is 1310. The molecule has 1 heteroatoms. The molecular weight excluding hydrogens is 496 g/mol. The van der Waals surface area contributed by atoms with Gasteiger partial charge in [0.25, 0.3) is 0 Å². The Kier molecular flexibility index (Phi) is 13.1. The Morgan fingerprint density at radius 1 is 0.756 bits per heavy atom. The summed E-state index contributed by atoms with van der Waals surface area (Å²) in [5.41, 5.74) is 10.3. The number of rotatable bonds is 8. The van der Waals surface area contributed by atoms with E-state index in [-0.39, 0.29) is 16.9 Å². The molecular formula is C40H54O. The summed E-state index contributed by atoms with van der Waals surface area (Å²) in [5, 5.41) is 10.1. The molecule has 2 aliphatic rings. The molecule has 0 aromatic heterocycles. The third-order valence-electron chi connectivity index (χ3n) is 8.08. The van der Waals surface area contributed by atoms with Crippen LogP contribution in [0, 0.1) is 22.7 Å². The number of hydrogen-bond donors (Lipinski definition) is 1. The first kappa shape index (κ1) is 34.1. The van der Waals surface area contributed by atoms with Crippen LogP contribution in [0.2, 0.25) is 0 Å². The van der Waals surface area contributed by atoms with Crippen LogP contribution in [0.3, 0.4) is 0 Å². The molecule has 0 aliphatic heterocycles. The zero-order valence-corrected chi connectivity index (χ0v) is 27.5. The van der Waals surface area contributed by atoms with Gasteiger partial charge in [0.1, 0.15) is 0 Å². The van der Waals surface area contributed by atoms with Gasteiger partial charge in [0.2, 0.25) is 0 Å². The first-order valence-corrected chi connectivity index (χ1v) is 15.2. The minimum absolute atomic E-state index is 0.0740. The van der Waals surface area contributed by atoms with Gasteiger partial charge in [-0.1, -0.05) is 140 Å². The molecule has 0 amide bonds. The first-order chi connectivity index (χ1) is 19.2. The third kappa shape index (κ3) is 11.7. The van der Waals surface area contributed by atoms with E-state index in [1.165, 1.54) is 58.3 Å². The van der Waals surface area contributed by atoms with Gasteiger partial charge in [-0.2, -0.15) is 0 Å². The van der Waals surface area contributed by atoms with Crippen molar-refractivity contribution in [1.82, 2.24) is 0 Å². The fraction of sp³-hybridized carbons (Fsp3) is 0.450. The number of hydrogen-bond acceptors (Lipinski definition) is 1. The van der Waals surface area contributed by atoms with Crippen molar-refractivity contribution in [3.63, 3.8) is 0 Å². The van der Waals surface area contributed by atoms with Crippen LogP contribution in [0.25, 0.3) is 0 Å². The summed E-state index contributed by atoms with van der Waals surface area (Å²) in [6, 6.07) is 0. The predicted molar refractivity (Wildman–Crippen MR) is 181 cm³/mol. The Hall–Kier alpha value is -3.08. The Morgan fingerprint density at radius 3 is 1.90 bits per heavy atom. The number of aliphatic hydroxyl groups is 1. The zero-order valence-electron chi connectivity index (χ0n) is 27.5. The maximum absolute atomic E-state index is 10.1. The second kappa shape index (κ2) is 15.8. The number of aliphatic hydroxyl groups excluding tert-OH is 1. The summed E-state index contributed by atoms with van der Waals surface area (Å²) < 4.78 is 0. The summed E-state index contributed by atoms with van der Waals surface area (Å²) in [6.07, 6.45) is 30.7. The van der Waals surface area contributed by atoms with Crippen LogP contribution in [0.1, 0.15) is 101 Å². The second-order valence-electron chi connectivity index (χ2n) is 13.3. The van der Waals surface area contributed by atoms with Crippen LogP contribution < -0.4 is 0 Å². The first-order valence-electron chi connectivity index (χ1n) is 15.2. The normalized spacial score (nSPS) is 23.0. The SMILES string of the molecule is CC(C#CC1=C(C)CC(O)CC1(C)C)=CC=CC(C)=CC=CC=C(C)C=CC=C(C)C=CC1=C(C)CCCC1(C)C. The Balaban J connectivity index is 1.91. The lowest BCUT2D eigenvalue weighted by Crippen LogP contribution is -2.28. The standard InChI is InChI=1S/C40H54O/c1-30(18-13-20-32(3)23-25-37-34(5)22-15-27-39(37,7)8)16-11-12-17-31(2)19-14-21-33(4)24-26-38-35(6)28-36(41)29-40(38,9)10/h11-14,16-21,23,25,36,41H,15,22,27-29H2,1-10H3. The Morgan fingerprint density at radius 2 is 1.32 bits per heavy atom. The molecule has 0 saturated heterocycles. The summed E-state index contributed by atoms with van der Waals surface area (Å²) in [6.45, 7) is 21.9. The molecule has 220 valence electrons. The summed E-state index contributed by atoms with van der Waals surface area (Å²) in [7, 11) is 0. The van der Waals surface area contributed by atoms with Crippen molar-refractivity contribution in [1.29, 1.82) is 0 Å². The highest BCUT2D eigenvalue weighted by Crippen LogP contribution is 2.41. The highest BCUT2D eigenvalue weighted by molar-refractivity contribution is 5.45. The van der Waals surface area contributed by atoms with Crippen LogP contribution in [-0.4, -0.2) is 11.2 Å². The van der Waals surface area contributed by atoms with E-state index in [4.69, 9.17) is 0 Å². The van der Waals surface area contributed by atoms with Crippen LogP contribution in [0.5, 0.6) is 0 Å². The van der Waals surface area contributed by atoms with Crippen LogP contribution in [0.4, 0.5) is 0 Å². The van der Waals surface area contributed by atoms with Gasteiger partial charge in [0, 0.05) is 11.0 Å². The van der Waals surface area contributed by atoms with E-state index in [0.29, 0.717) is 0 Å². The van der Waals surface area contributed by atoms with Crippen molar-refractivity contribution >= 4 is 0 Å². The quantitative estimate of drug-likeness (QED) is 0.235. The number of allylic oxidation sites excluding steroid dienone is 19. The van der Waals surface area contributed by atoms with Gasteiger partial charge in [-0.15, -0.1) is 0 Å². The second-order valence-corrected chi connectivity index (χ2v) is 13.3. The highest BCUT2D eigenvalue weighted by Gasteiger charge is 2.32. The van der Waals surface area contributed by atoms with E-state index >= 15 is 0 Å². The van der Waals surface area contributed by atoms with E-state index in [2.05, 4.69) is 147 Å². The summed E-state index contributed by atoms with van der Waals surface area (Å²) >= 11 is 0. The fourth-order valence-electron chi connectivity index (χ4n) is 5.78. The van der Waals surface area contributed by atoms with E-state index in [1.54, 1.807) is 0 Å². The molecule has 0 aromatic carbocycles. The van der Waals surface area contributed by atoms with Crippen molar-refractivity contribution in [3.8, 4) is 11.8 Å². The topological polar surface area (TPSA) is 20.2 Å². The van der Waals surface area contributed by atoms with Gasteiger partial charge in [-0.3, -0.25) is 0 Å². The average Bonchev–Trinajstić information content (AvgIpc) is 2.84. The maximum atomic E-state index is 10.1. The van der Waals surface area contributed by atoms with Gasteiger partial charge in [0.05, 0.1) is 6.10 Å². The minimum Gasteiger partial charge on any atom is -0.393 e. The molecule has 0 heterocycles. The lowest BCUT2D eigenvalue weighted by molar-refractivity contribution is 0.117. The van der Waals surface area contributed by atoms with E-state index in [9.17, 15) is 5.11 Å². The smallest absolute Gasteiger partial charge is 0.0586 e. The van der Waals surface area contributed by atoms with Crippen molar-refractivity contribution in [2.45, 2.75) is 107 Å². The van der Waals surface area contributed by atoms with Gasteiger partial charge >= 0.3 is 0 Å². The molecule has 0 radical (unpaired) electrons. The van der Waals surface area contributed by atoms with E-state index < -0.39 is 0 Å².